The van der Waals surface area contributed by atoms with Gasteiger partial charge in [0.15, 0.2) is 6.23 Å². The molecule has 0 aromatic carbocycles. The predicted octanol–water partition coefficient (Wildman–Crippen LogP) is 5.24. The van der Waals surface area contributed by atoms with Crippen molar-refractivity contribution in [3.8, 4) is 11.3 Å². The third-order valence-corrected chi connectivity index (χ3v) is 6.94. The maximum absolute atomic E-state index is 12.1. The molecule has 5 heterocycles. The zero-order valence-corrected chi connectivity index (χ0v) is 19.4. The number of ether oxygens (including phenoxy) is 2. The summed E-state index contributed by atoms with van der Waals surface area (Å²) in [6.45, 7) is 4.87. The minimum atomic E-state index is -0.959. The fourth-order valence-electron chi connectivity index (χ4n) is 4.58. The molecule has 4 aromatic rings. The third kappa shape index (κ3) is 4.07. The lowest BCUT2D eigenvalue weighted by molar-refractivity contribution is -0.0383. The Labute approximate surface area is 195 Å². The van der Waals surface area contributed by atoms with Crippen molar-refractivity contribution in [2.45, 2.75) is 52.0 Å². The fourth-order valence-corrected chi connectivity index (χ4v) is 5.11. The van der Waals surface area contributed by atoms with Gasteiger partial charge >= 0.3 is 5.97 Å². The van der Waals surface area contributed by atoms with Crippen molar-refractivity contribution in [3.05, 3.63) is 64.0 Å². The first-order valence-corrected chi connectivity index (χ1v) is 12.0. The van der Waals surface area contributed by atoms with Gasteiger partial charge in [-0.05, 0) is 56.9 Å². The van der Waals surface area contributed by atoms with E-state index in [0.29, 0.717) is 12.2 Å². The lowest BCUT2D eigenvalue weighted by Crippen LogP contribution is -2.19. The molecule has 2 unspecified atom stereocenters. The van der Waals surface area contributed by atoms with E-state index in [0.717, 1.165) is 53.3 Å². The first-order chi connectivity index (χ1) is 16.0. The molecule has 5 rings (SSSR count). The number of rotatable bonds is 7. The van der Waals surface area contributed by atoms with Crippen LogP contribution in [0, 0.1) is 6.92 Å². The molecular weight excluding hydrogens is 440 g/mol. The Morgan fingerprint density at radius 2 is 2.24 bits per heavy atom. The minimum Gasteiger partial charge on any atom is -0.478 e. The number of aromatic carboxylic acids is 1. The fraction of sp³-hybridized carbons (Fsp3) is 0.375. The Balaban J connectivity index is 1.59. The van der Waals surface area contributed by atoms with Gasteiger partial charge in [-0.25, -0.2) is 14.5 Å². The first-order valence-electron chi connectivity index (χ1n) is 11.1. The highest BCUT2D eigenvalue weighted by atomic mass is 32.1. The highest BCUT2D eigenvalue weighted by Crippen LogP contribution is 2.35. The quantitative estimate of drug-likeness (QED) is 0.400. The smallest absolute Gasteiger partial charge is 0.336 e. The summed E-state index contributed by atoms with van der Waals surface area (Å²) < 4.78 is 16.0. The Kier molecular flexibility index (Phi) is 6.01. The second-order valence-corrected chi connectivity index (χ2v) is 9.20. The molecule has 1 N–H and O–H groups in total. The average Bonchev–Trinajstić information content (AvgIpc) is 3.57. The van der Waals surface area contributed by atoms with E-state index in [1.165, 1.54) is 11.3 Å². The highest BCUT2D eigenvalue weighted by molar-refractivity contribution is 7.09. The van der Waals surface area contributed by atoms with E-state index in [4.69, 9.17) is 9.47 Å². The number of fused-ring (bicyclic) bond motifs is 1. The predicted molar refractivity (Wildman–Crippen MR) is 124 cm³/mol. The number of hydrogen-bond donors (Lipinski definition) is 1. The van der Waals surface area contributed by atoms with Crippen LogP contribution in [0.1, 0.15) is 65.1 Å². The van der Waals surface area contributed by atoms with Gasteiger partial charge in [0.25, 0.3) is 0 Å². The Morgan fingerprint density at radius 1 is 1.36 bits per heavy atom. The molecule has 8 nitrogen and oxygen atoms in total. The van der Waals surface area contributed by atoms with Crippen LogP contribution < -0.4 is 0 Å². The summed E-state index contributed by atoms with van der Waals surface area (Å²) in [6.07, 6.45) is 8.12. The van der Waals surface area contributed by atoms with Gasteiger partial charge in [-0.15, -0.1) is 11.3 Å². The number of carbonyl (C=O) groups is 1. The van der Waals surface area contributed by atoms with Gasteiger partial charge < -0.3 is 19.0 Å². The van der Waals surface area contributed by atoms with Gasteiger partial charge in [-0.2, -0.15) is 5.10 Å². The molecule has 0 amide bonds. The van der Waals surface area contributed by atoms with E-state index in [2.05, 4.69) is 10.1 Å². The maximum Gasteiger partial charge on any atom is 0.336 e. The maximum atomic E-state index is 12.1. The van der Waals surface area contributed by atoms with Crippen LogP contribution in [0.3, 0.4) is 0 Å². The highest BCUT2D eigenvalue weighted by Gasteiger charge is 2.25. The van der Waals surface area contributed by atoms with Gasteiger partial charge in [0.05, 0.1) is 35.2 Å². The largest absolute Gasteiger partial charge is 0.478 e. The van der Waals surface area contributed by atoms with Gasteiger partial charge in [-0.1, -0.05) is 0 Å². The minimum absolute atomic E-state index is 0.108. The van der Waals surface area contributed by atoms with Crippen molar-refractivity contribution in [1.29, 1.82) is 0 Å². The zero-order chi connectivity index (χ0) is 22.9. The van der Waals surface area contributed by atoms with Crippen molar-refractivity contribution < 1.29 is 19.4 Å². The average molecular weight is 467 g/mol. The van der Waals surface area contributed by atoms with E-state index in [-0.39, 0.29) is 17.9 Å². The Morgan fingerprint density at radius 3 is 2.97 bits per heavy atom. The van der Waals surface area contributed by atoms with Crippen molar-refractivity contribution in [1.82, 2.24) is 19.2 Å². The van der Waals surface area contributed by atoms with E-state index in [1.807, 2.05) is 46.6 Å². The van der Waals surface area contributed by atoms with E-state index < -0.39 is 5.97 Å². The van der Waals surface area contributed by atoms with Gasteiger partial charge in [0.1, 0.15) is 5.01 Å². The molecule has 33 heavy (non-hydrogen) atoms. The van der Waals surface area contributed by atoms with Crippen molar-refractivity contribution in [2.75, 3.05) is 6.61 Å². The molecule has 1 aliphatic heterocycles. The molecule has 1 saturated heterocycles. The van der Waals surface area contributed by atoms with Crippen LogP contribution in [0.2, 0.25) is 0 Å². The summed E-state index contributed by atoms with van der Waals surface area (Å²) in [5.41, 5.74) is 4.39. The van der Waals surface area contributed by atoms with E-state index in [9.17, 15) is 9.90 Å². The van der Waals surface area contributed by atoms with Crippen LogP contribution in [0.25, 0.3) is 16.8 Å². The van der Waals surface area contributed by atoms with Crippen LogP contribution in [0.4, 0.5) is 0 Å². The molecule has 172 valence electrons. The number of pyridine rings is 1. The molecule has 0 aliphatic carbocycles. The summed E-state index contributed by atoms with van der Waals surface area (Å²) >= 11 is 1.53. The van der Waals surface area contributed by atoms with E-state index in [1.54, 1.807) is 18.5 Å². The first kappa shape index (κ1) is 21.8. The molecular formula is C24H26N4O4S. The molecule has 9 heteroatoms. The Hall–Kier alpha value is -3.01. The number of carboxylic acids is 1. The summed E-state index contributed by atoms with van der Waals surface area (Å²) in [4.78, 5) is 16.4. The Bertz CT molecular complexity index is 1270. The van der Waals surface area contributed by atoms with Crippen LogP contribution in [-0.4, -0.2) is 36.8 Å². The van der Waals surface area contributed by atoms with Crippen molar-refractivity contribution >= 4 is 22.8 Å². The second-order valence-electron chi connectivity index (χ2n) is 8.22. The number of hydrogen-bond acceptors (Lipinski definition) is 6. The molecule has 1 aliphatic rings. The molecule has 0 spiro atoms. The normalized spacial score (nSPS) is 17.5. The topological polar surface area (TPSA) is 90.9 Å². The lowest BCUT2D eigenvalue weighted by Gasteiger charge is -2.24. The van der Waals surface area contributed by atoms with Crippen molar-refractivity contribution in [3.63, 3.8) is 0 Å². The van der Waals surface area contributed by atoms with Gasteiger partial charge in [0, 0.05) is 36.1 Å². The number of aromatic nitrogens is 4. The molecule has 0 bridgehead atoms. The SMILES string of the molecule is Cc1c(C(=O)O)cc2c(-c3ccnn3C3CCCCO3)ccn2c1C(C)OCc1nccs1. The van der Waals surface area contributed by atoms with Crippen LogP contribution in [0.5, 0.6) is 0 Å². The third-order valence-electron chi connectivity index (χ3n) is 6.19. The van der Waals surface area contributed by atoms with Gasteiger partial charge in [-0.3, -0.25) is 0 Å². The van der Waals surface area contributed by atoms with Crippen LogP contribution in [-0.2, 0) is 16.1 Å². The second kappa shape index (κ2) is 9.09. The molecule has 0 radical (unpaired) electrons. The summed E-state index contributed by atoms with van der Waals surface area (Å²) in [6, 6.07) is 5.70. The summed E-state index contributed by atoms with van der Waals surface area (Å²) in [7, 11) is 0. The van der Waals surface area contributed by atoms with Gasteiger partial charge in [0.2, 0.25) is 0 Å². The summed E-state index contributed by atoms with van der Waals surface area (Å²) in [5.74, 6) is -0.959. The van der Waals surface area contributed by atoms with E-state index >= 15 is 0 Å². The monoisotopic (exact) mass is 466 g/mol. The molecule has 4 aromatic heterocycles. The van der Waals surface area contributed by atoms with Crippen LogP contribution >= 0.6 is 11.3 Å². The molecule has 0 saturated carbocycles. The lowest BCUT2D eigenvalue weighted by atomic mass is 10.0. The number of carboxylic acid groups (broad SMARTS) is 1. The standard InChI is InChI=1S/C24H26N4O4S/c1-15-18(24(29)30)13-20-17(19-6-8-26-28(19)22-5-3-4-11-31-22)7-10-27(20)23(15)16(2)32-14-21-25-9-12-33-21/h6-10,12-13,16,22H,3-5,11,14H2,1-2H3,(H,29,30). The molecule has 2 atom stereocenters. The summed E-state index contributed by atoms with van der Waals surface area (Å²) in [5, 5.41) is 17.3. The number of thiazole rings is 1. The zero-order valence-electron chi connectivity index (χ0n) is 18.6. The molecule has 1 fully saturated rings. The van der Waals surface area contributed by atoms with Crippen molar-refractivity contribution in [2.24, 2.45) is 0 Å². The number of nitrogens with zero attached hydrogens (tertiary/aromatic N) is 4. The van der Waals surface area contributed by atoms with Crippen LogP contribution in [0.15, 0.2) is 42.2 Å².